The van der Waals surface area contributed by atoms with Crippen molar-refractivity contribution in [3.05, 3.63) is 47.5 Å². The second kappa shape index (κ2) is 5.44. The molecule has 2 heteroatoms. The summed E-state index contributed by atoms with van der Waals surface area (Å²) in [5, 5.41) is 0. The van der Waals surface area contributed by atoms with Crippen LogP contribution in [-0.4, -0.2) is 0 Å². The average molecular weight is 236 g/mol. The van der Waals surface area contributed by atoms with E-state index in [1.165, 1.54) is 6.07 Å². The van der Waals surface area contributed by atoms with E-state index in [0.29, 0.717) is 11.5 Å². The van der Waals surface area contributed by atoms with E-state index in [4.69, 9.17) is 0 Å². The molecule has 0 radical (unpaired) electrons. The van der Waals surface area contributed by atoms with Gasteiger partial charge in [-0.2, -0.15) is 0 Å². The molecule has 1 aromatic carbocycles. The molecule has 1 aliphatic rings. The minimum atomic E-state index is -0.724. The highest BCUT2D eigenvalue weighted by atomic mass is 19.2. The van der Waals surface area contributed by atoms with Crippen molar-refractivity contribution in [3.63, 3.8) is 0 Å². The first-order valence-electron chi connectivity index (χ1n) is 6.29. The van der Waals surface area contributed by atoms with Crippen molar-refractivity contribution in [1.29, 1.82) is 0 Å². The molecule has 1 saturated carbocycles. The Bertz CT molecular complexity index is 401. The summed E-state index contributed by atoms with van der Waals surface area (Å²) in [6.07, 6.45) is 8.35. The normalized spacial score (nSPS) is 25.4. The molecule has 0 unspecified atom stereocenters. The maximum Gasteiger partial charge on any atom is 0.162 e. The number of hydrogen-bond acceptors (Lipinski definition) is 0. The van der Waals surface area contributed by atoms with Crippen molar-refractivity contribution in [2.45, 2.75) is 38.5 Å². The quantitative estimate of drug-likeness (QED) is 0.646. The lowest BCUT2D eigenvalue weighted by Crippen LogP contribution is -2.13. The maximum absolute atomic E-state index is 13.6. The van der Waals surface area contributed by atoms with E-state index in [0.717, 1.165) is 25.7 Å². The van der Waals surface area contributed by atoms with Crippen LogP contribution in [0.3, 0.4) is 0 Å². The van der Waals surface area contributed by atoms with Gasteiger partial charge >= 0.3 is 0 Å². The third kappa shape index (κ3) is 2.74. The highest BCUT2D eigenvalue weighted by Crippen LogP contribution is 2.37. The maximum atomic E-state index is 13.6. The van der Waals surface area contributed by atoms with Gasteiger partial charge in [0.1, 0.15) is 0 Å². The minimum Gasteiger partial charge on any atom is -0.204 e. The zero-order valence-electron chi connectivity index (χ0n) is 10.1. The van der Waals surface area contributed by atoms with Gasteiger partial charge in [0.05, 0.1) is 0 Å². The van der Waals surface area contributed by atoms with Crippen LogP contribution in [0.15, 0.2) is 30.4 Å². The van der Waals surface area contributed by atoms with Gasteiger partial charge in [0.25, 0.3) is 0 Å². The van der Waals surface area contributed by atoms with E-state index < -0.39 is 11.6 Å². The molecule has 1 aromatic rings. The number of rotatable bonds is 2. The zero-order chi connectivity index (χ0) is 12.3. The molecule has 17 heavy (non-hydrogen) atoms. The van der Waals surface area contributed by atoms with E-state index in [1.807, 2.05) is 6.92 Å². The summed E-state index contributed by atoms with van der Waals surface area (Å²) in [5.41, 5.74) is 0.559. The first kappa shape index (κ1) is 12.3. The number of hydrogen-bond donors (Lipinski definition) is 0. The summed E-state index contributed by atoms with van der Waals surface area (Å²) in [6.45, 7) is 2.03. The van der Waals surface area contributed by atoms with Gasteiger partial charge in [0.2, 0.25) is 0 Å². The zero-order valence-corrected chi connectivity index (χ0v) is 10.1. The van der Waals surface area contributed by atoms with Gasteiger partial charge in [-0.3, -0.25) is 0 Å². The third-order valence-electron chi connectivity index (χ3n) is 3.66. The van der Waals surface area contributed by atoms with Crippen LogP contribution >= 0.6 is 0 Å². The molecular weight excluding hydrogens is 218 g/mol. The molecule has 2 rings (SSSR count). The van der Waals surface area contributed by atoms with Crippen LogP contribution in [0, 0.1) is 17.6 Å². The summed E-state index contributed by atoms with van der Waals surface area (Å²) >= 11 is 0. The van der Waals surface area contributed by atoms with Crippen LogP contribution < -0.4 is 0 Å². The Balaban J connectivity index is 2.08. The largest absolute Gasteiger partial charge is 0.204 e. The van der Waals surface area contributed by atoms with Crippen molar-refractivity contribution in [2.75, 3.05) is 0 Å². The Morgan fingerprint density at radius 2 is 1.82 bits per heavy atom. The van der Waals surface area contributed by atoms with Gasteiger partial charge in [-0.25, -0.2) is 8.78 Å². The molecule has 1 fully saturated rings. The van der Waals surface area contributed by atoms with Crippen LogP contribution in [0.5, 0.6) is 0 Å². The fourth-order valence-corrected chi connectivity index (χ4v) is 2.73. The van der Waals surface area contributed by atoms with Gasteiger partial charge < -0.3 is 0 Å². The molecule has 0 spiro atoms. The Hall–Kier alpha value is -1.18. The predicted octanol–water partition coefficient (Wildman–Crippen LogP) is 4.81. The van der Waals surface area contributed by atoms with Crippen LogP contribution in [-0.2, 0) is 0 Å². The number of benzene rings is 1. The Kier molecular flexibility index (Phi) is 3.93. The SMILES string of the molecule is C/C=C/C1CCC(c2cccc(F)c2F)CC1. The lowest BCUT2D eigenvalue weighted by atomic mass is 9.78. The average Bonchev–Trinajstić information content (AvgIpc) is 2.34. The molecule has 0 amide bonds. The van der Waals surface area contributed by atoms with E-state index in [2.05, 4.69) is 12.2 Å². The van der Waals surface area contributed by atoms with E-state index in [1.54, 1.807) is 12.1 Å². The summed E-state index contributed by atoms with van der Waals surface area (Å²) in [4.78, 5) is 0. The highest BCUT2D eigenvalue weighted by molar-refractivity contribution is 5.23. The lowest BCUT2D eigenvalue weighted by molar-refractivity contribution is 0.364. The third-order valence-corrected chi connectivity index (χ3v) is 3.66. The number of halogens is 2. The van der Waals surface area contributed by atoms with Gasteiger partial charge in [0.15, 0.2) is 11.6 Å². The molecule has 0 nitrogen and oxygen atoms in total. The standard InChI is InChI=1S/C15H18F2/c1-2-4-11-7-9-12(10-8-11)13-5-3-6-14(16)15(13)17/h2-6,11-12H,7-10H2,1H3/b4-2+. The van der Waals surface area contributed by atoms with Gasteiger partial charge in [-0.1, -0.05) is 24.3 Å². The smallest absolute Gasteiger partial charge is 0.162 e. The summed E-state index contributed by atoms with van der Waals surface area (Å²) < 4.78 is 26.8. The first-order valence-corrected chi connectivity index (χ1v) is 6.29. The van der Waals surface area contributed by atoms with Crippen LogP contribution in [0.25, 0.3) is 0 Å². The monoisotopic (exact) mass is 236 g/mol. The fourth-order valence-electron chi connectivity index (χ4n) is 2.73. The summed E-state index contributed by atoms with van der Waals surface area (Å²) in [7, 11) is 0. The fraction of sp³-hybridized carbons (Fsp3) is 0.467. The molecule has 0 atom stereocenters. The summed E-state index contributed by atoms with van der Waals surface area (Å²) in [5.74, 6) is -0.569. The van der Waals surface area contributed by atoms with E-state index in [-0.39, 0.29) is 5.92 Å². The minimum absolute atomic E-state index is 0.187. The first-order chi connectivity index (χ1) is 8.22. The second-order valence-corrected chi connectivity index (χ2v) is 4.78. The Morgan fingerprint density at radius 3 is 2.47 bits per heavy atom. The highest BCUT2D eigenvalue weighted by Gasteiger charge is 2.23. The van der Waals surface area contributed by atoms with Crippen LogP contribution in [0.2, 0.25) is 0 Å². The molecule has 0 N–H and O–H groups in total. The van der Waals surface area contributed by atoms with Gasteiger partial charge in [0, 0.05) is 0 Å². The Morgan fingerprint density at radius 1 is 1.12 bits per heavy atom. The van der Waals surface area contributed by atoms with Crippen molar-refractivity contribution in [3.8, 4) is 0 Å². The molecule has 1 aliphatic carbocycles. The molecule has 0 bridgehead atoms. The van der Waals surface area contributed by atoms with Crippen molar-refractivity contribution in [2.24, 2.45) is 5.92 Å². The Labute approximate surface area is 101 Å². The van der Waals surface area contributed by atoms with Crippen molar-refractivity contribution < 1.29 is 8.78 Å². The molecule has 0 saturated heterocycles. The van der Waals surface area contributed by atoms with Crippen LogP contribution in [0.1, 0.15) is 44.1 Å². The van der Waals surface area contributed by atoms with Crippen molar-refractivity contribution in [1.82, 2.24) is 0 Å². The number of allylic oxidation sites excluding steroid dienone is 2. The topological polar surface area (TPSA) is 0 Å². The summed E-state index contributed by atoms with van der Waals surface area (Å²) in [6, 6.07) is 4.51. The van der Waals surface area contributed by atoms with Gasteiger partial charge in [-0.05, 0) is 56.1 Å². The van der Waals surface area contributed by atoms with Crippen LogP contribution in [0.4, 0.5) is 8.78 Å². The molecular formula is C15H18F2. The molecule has 0 heterocycles. The second-order valence-electron chi connectivity index (χ2n) is 4.78. The van der Waals surface area contributed by atoms with E-state index in [9.17, 15) is 8.78 Å². The van der Waals surface area contributed by atoms with E-state index >= 15 is 0 Å². The lowest BCUT2D eigenvalue weighted by Gasteiger charge is -2.27. The molecule has 92 valence electrons. The van der Waals surface area contributed by atoms with Gasteiger partial charge in [-0.15, -0.1) is 0 Å². The van der Waals surface area contributed by atoms with Crippen molar-refractivity contribution >= 4 is 0 Å². The molecule has 0 aliphatic heterocycles. The predicted molar refractivity (Wildman–Crippen MR) is 65.9 cm³/mol. The molecule has 0 aromatic heterocycles.